The van der Waals surface area contributed by atoms with Crippen molar-refractivity contribution in [3.8, 4) is 0 Å². The highest BCUT2D eigenvalue weighted by atomic mass is 79.9. The zero-order valence-electron chi connectivity index (χ0n) is 7.68. The summed E-state index contributed by atoms with van der Waals surface area (Å²) in [6, 6.07) is 3.82. The molecule has 0 radical (unpaired) electrons. The molecule has 3 heteroatoms. The lowest BCUT2D eigenvalue weighted by molar-refractivity contribution is 0.0983. The smallest absolute Gasteiger partial charge is 0.172 e. The van der Waals surface area contributed by atoms with Crippen molar-refractivity contribution in [3.05, 3.63) is 20.8 Å². The van der Waals surface area contributed by atoms with E-state index < -0.39 is 0 Å². The van der Waals surface area contributed by atoms with E-state index in [1.54, 1.807) is 0 Å². The molecule has 0 N–H and O–H groups in total. The van der Waals surface area contributed by atoms with Crippen molar-refractivity contribution < 1.29 is 4.79 Å². The number of carbonyl (C=O) groups is 1. The summed E-state index contributed by atoms with van der Waals surface area (Å²) in [5.41, 5.74) is 0. The molecule has 0 amide bonds. The lowest BCUT2D eigenvalue weighted by atomic mass is 10.1. The van der Waals surface area contributed by atoms with Crippen LogP contribution >= 0.6 is 27.3 Å². The van der Waals surface area contributed by atoms with Gasteiger partial charge in [0.2, 0.25) is 0 Å². The first-order valence-corrected chi connectivity index (χ1v) is 6.13. The molecule has 1 rings (SSSR count). The van der Waals surface area contributed by atoms with E-state index in [4.69, 9.17) is 0 Å². The Morgan fingerprint density at radius 3 is 2.77 bits per heavy atom. The van der Waals surface area contributed by atoms with Crippen molar-refractivity contribution in [2.24, 2.45) is 0 Å². The van der Waals surface area contributed by atoms with Crippen molar-refractivity contribution in [2.75, 3.05) is 0 Å². The summed E-state index contributed by atoms with van der Waals surface area (Å²) in [5.74, 6) is 0.282. The van der Waals surface area contributed by atoms with Crippen LogP contribution in [0.2, 0.25) is 0 Å². The van der Waals surface area contributed by atoms with Gasteiger partial charge in [0.15, 0.2) is 5.78 Å². The zero-order valence-corrected chi connectivity index (χ0v) is 10.1. The van der Waals surface area contributed by atoms with E-state index in [1.165, 1.54) is 17.8 Å². The van der Waals surface area contributed by atoms with E-state index in [2.05, 4.69) is 22.9 Å². The molecule has 0 atom stereocenters. The normalized spacial score (nSPS) is 10.3. The molecule has 0 bridgehead atoms. The van der Waals surface area contributed by atoms with Gasteiger partial charge in [-0.3, -0.25) is 4.79 Å². The lowest BCUT2D eigenvalue weighted by Gasteiger charge is -1.95. The first-order valence-electron chi connectivity index (χ1n) is 4.52. The van der Waals surface area contributed by atoms with Gasteiger partial charge in [0.25, 0.3) is 0 Å². The van der Waals surface area contributed by atoms with Gasteiger partial charge in [0, 0.05) is 6.42 Å². The highest BCUT2D eigenvalue weighted by Crippen LogP contribution is 2.23. The van der Waals surface area contributed by atoms with Gasteiger partial charge in [0.05, 0.1) is 8.66 Å². The number of carbonyl (C=O) groups excluding carboxylic acids is 1. The Morgan fingerprint density at radius 2 is 2.23 bits per heavy atom. The Balaban J connectivity index is 2.40. The van der Waals surface area contributed by atoms with Crippen LogP contribution in [0.5, 0.6) is 0 Å². The Kier molecular flexibility index (Phi) is 4.67. The molecule has 0 fully saturated rings. The minimum absolute atomic E-state index is 0.282. The predicted molar refractivity (Wildman–Crippen MR) is 60.5 cm³/mol. The van der Waals surface area contributed by atoms with Crippen molar-refractivity contribution in [2.45, 2.75) is 32.6 Å². The molecular formula is C10H13BrOS. The average molecular weight is 261 g/mol. The first kappa shape index (κ1) is 10.9. The highest BCUT2D eigenvalue weighted by molar-refractivity contribution is 9.11. The van der Waals surface area contributed by atoms with Crippen LogP contribution in [0.3, 0.4) is 0 Å². The Labute approximate surface area is 91.3 Å². The monoisotopic (exact) mass is 260 g/mol. The van der Waals surface area contributed by atoms with Gasteiger partial charge in [-0.2, -0.15) is 0 Å². The maximum absolute atomic E-state index is 11.5. The fraction of sp³-hybridized carbons (Fsp3) is 0.500. The van der Waals surface area contributed by atoms with Gasteiger partial charge < -0.3 is 0 Å². The number of Topliss-reactive ketones (excluding diaryl/α,β-unsaturated/α-hetero) is 1. The molecule has 0 unspecified atom stereocenters. The molecule has 0 saturated heterocycles. The average Bonchev–Trinajstić information content (AvgIpc) is 2.52. The summed E-state index contributed by atoms with van der Waals surface area (Å²) in [7, 11) is 0. The molecule has 0 aliphatic heterocycles. The second-order valence-electron chi connectivity index (χ2n) is 2.98. The zero-order chi connectivity index (χ0) is 9.68. The molecule has 1 heterocycles. The maximum Gasteiger partial charge on any atom is 0.172 e. The van der Waals surface area contributed by atoms with E-state index in [-0.39, 0.29) is 5.78 Å². The van der Waals surface area contributed by atoms with Crippen LogP contribution < -0.4 is 0 Å². The van der Waals surface area contributed by atoms with Gasteiger partial charge in [-0.05, 0) is 34.5 Å². The van der Waals surface area contributed by atoms with Crippen molar-refractivity contribution in [1.29, 1.82) is 0 Å². The van der Waals surface area contributed by atoms with Crippen molar-refractivity contribution in [3.63, 3.8) is 0 Å². The fourth-order valence-electron chi connectivity index (χ4n) is 1.12. The Hall–Kier alpha value is -0.150. The molecule has 1 nitrogen and oxygen atoms in total. The minimum atomic E-state index is 0.282. The molecule has 0 aliphatic carbocycles. The third-order valence-corrected chi connectivity index (χ3v) is 3.52. The highest BCUT2D eigenvalue weighted by Gasteiger charge is 2.07. The van der Waals surface area contributed by atoms with E-state index in [9.17, 15) is 4.79 Å². The number of ketones is 1. The van der Waals surface area contributed by atoms with Crippen LogP contribution in [0.15, 0.2) is 15.9 Å². The minimum Gasteiger partial charge on any atom is -0.293 e. The number of hydrogen-bond donors (Lipinski definition) is 0. The number of halogens is 1. The molecule has 0 aromatic carbocycles. The van der Waals surface area contributed by atoms with Crippen molar-refractivity contribution >= 4 is 33.0 Å². The molecule has 13 heavy (non-hydrogen) atoms. The van der Waals surface area contributed by atoms with Crippen LogP contribution in [0.25, 0.3) is 0 Å². The van der Waals surface area contributed by atoms with Crippen LogP contribution in [-0.2, 0) is 0 Å². The third-order valence-electron chi connectivity index (χ3n) is 1.86. The summed E-state index contributed by atoms with van der Waals surface area (Å²) in [6.07, 6.45) is 4.03. The standard InChI is InChI=1S/C10H13BrOS/c1-2-3-4-5-8(12)9-6-7-10(11)13-9/h6-7H,2-5H2,1H3. The van der Waals surface area contributed by atoms with Crippen LogP contribution in [0.1, 0.15) is 42.3 Å². The number of unbranched alkanes of at least 4 members (excludes halogenated alkanes) is 2. The van der Waals surface area contributed by atoms with Gasteiger partial charge in [0.1, 0.15) is 0 Å². The van der Waals surface area contributed by atoms with Gasteiger partial charge in [-0.1, -0.05) is 19.8 Å². The van der Waals surface area contributed by atoms with E-state index in [0.29, 0.717) is 6.42 Å². The van der Waals surface area contributed by atoms with E-state index in [0.717, 1.165) is 21.5 Å². The van der Waals surface area contributed by atoms with Crippen LogP contribution in [0, 0.1) is 0 Å². The molecule has 0 aliphatic rings. The van der Waals surface area contributed by atoms with E-state index >= 15 is 0 Å². The van der Waals surface area contributed by atoms with Crippen LogP contribution in [0.4, 0.5) is 0 Å². The molecule has 0 spiro atoms. The molecule has 1 aromatic rings. The predicted octanol–water partition coefficient (Wildman–Crippen LogP) is 4.27. The summed E-state index contributed by atoms with van der Waals surface area (Å²) in [4.78, 5) is 12.4. The quantitative estimate of drug-likeness (QED) is 0.571. The first-order chi connectivity index (χ1) is 6.24. The van der Waals surface area contributed by atoms with Gasteiger partial charge in [-0.15, -0.1) is 11.3 Å². The Bertz CT molecular complexity index is 280. The largest absolute Gasteiger partial charge is 0.293 e. The summed E-state index contributed by atoms with van der Waals surface area (Å²) in [6.45, 7) is 2.15. The lowest BCUT2D eigenvalue weighted by Crippen LogP contribution is -1.94. The number of rotatable bonds is 5. The van der Waals surface area contributed by atoms with Gasteiger partial charge >= 0.3 is 0 Å². The van der Waals surface area contributed by atoms with Crippen molar-refractivity contribution in [1.82, 2.24) is 0 Å². The van der Waals surface area contributed by atoms with Crippen LogP contribution in [-0.4, -0.2) is 5.78 Å². The second kappa shape index (κ2) is 5.55. The fourth-order valence-corrected chi connectivity index (χ4v) is 2.48. The molecule has 1 aromatic heterocycles. The van der Waals surface area contributed by atoms with Gasteiger partial charge in [-0.25, -0.2) is 0 Å². The maximum atomic E-state index is 11.5. The summed E-state index contributed by atoms with van der Waals surface area (Å²) in [5, 5.41) is 0. The number of hydrogen-bond acceptors (Lipinski definition) is 2. The second-order valence-corrected chi connectivity index (χ2v) is 5.45. The third kappa shape index (κ3) is 3.61. The topological polar surface area (TPSA) is 17.1 Å². The van der Waals surface area contributed by atoms with E-state index in [1.807, 2.05) is 12.1 Å². The molecular weight excluding hydrogens is 248 g/mol. The summed E-state index contributed by atoms with van der Waals surface area (Å²) < 4.78 is 1.03. The molecule has 0 saturated carbocycles. The molecule has 72 valence electrons. The number of thiophene rings is 1. The Morgan fingerprint density at radius 1 is 1.46 bits per heavy atom. The summed E-state index contributed by atoms with van der Waals surface area (Å²) >= 11 is 4.87. The SMILES string of the molecule is CCCCCC(=O)c1ccc(Br)s1.